The number of aromatic nitrogens is 2. The summed E-state index contributed by atoms with van der Waals surface area (Å²) in [5.41, 5.74) is 7.48. The summed E-state index contributed by atoms with van der Waals surface area (Å²) in [7, 11) is 0. The highest BCUT2D eigenvalue weighted by Gasteiger charge is 2.20. The Bertz CT molecular complexity index is 587. The largest absolute Gasteiger partial charge is 0.330 e. The molecule has 0 fully saturated rings. The lowest BCUT2D eigenvalue weighted by Crippen LogP contribution is -2.20. The Kier molecular flexibility index (Phi) is 4.68. The molecule has 0 aliphatic heterocycles. The molecular weight excluding hydrogens is 300 g/mol. The van der Waals surface area contributed by atoms with Gasteiger partial charge in [0.15, 0.2) is 5.82 Å². The van der Waals surface area contributed by atoms with Crippen LogP contribution >= 0.6 is 23.2 Å². The van der Waals surface area contributed by atoms with Crippen LogP contribution in [0.3, 0.4) is 0 Å². The summed E-state index contributed by atoms with van der Waals surface area (Å²) >= 11 is 11.7. The molecule has 1 aromatic carbocycles. The van der Waals surface area contributed by atoms with Gasteiger partial charge in [0.2, 0.25) is 0 Å². The molecule has 0 bridgehead atoms. The third kappa shape index (κ3) is 2.82. The van der Waals surface area contributed by atoms with Crippen molar-refractivity contribution in [3.63, 3.8) is 0 Å². The summed E-state index contributed by atoms with van der Waals surface area (Å²) in [6.07, 6.45) is 3.42. The number of imidazole rings is 1. The lowest BCUT2D eigenvalue weighted by atomic mass is 9.93. The van der Waals surface area contributed by atoms with E-state index >= 15 is 0 Å². The van der Waals surface area contributed by atoms with Gasteiger partial charge in [-0.05, 0) is 18.1 Å². The van der Waals surface area contributed by atoms with Crippen molar-refractivity contribution in [3.8, 4) is 5.69 Å². The molecule has 0 aliphatic carbocycles. The zero-order chi connectivity index (χ0) is 14.9. The average molecular weight is 316 g/mol. The Labute approximate surface area is 127 Å². The Morgan fingerprint density at radius 2 is 1.90 bits per heavy atom. The van der Waals surface area contributed by atoms with E-state index in [0.29, 0.717) is 18.2 Å². The quantitative estimate of drug-likeness (QED) is 0.866. The van der Waals surface area contributed by atoms with E-state index in [-0.39, 0.29) is 16.0 Å². The lowest BCUT2D eigenvalue weighted by molar-refractivity contribution is 0.489. The fraction of sp³-hybridized carbons (Fsp3) is 0.357. The van der Waals surface area contributed by atoms with Crippen molar-refractivity contribution < 1.29 is 4.39 Å². The Hall–Kier alpha value is -1.10. The first kappa shape index (κ1) is 15.3. The van der Waals surface area contributed by atoms with Gasteiger partial charge in [0.1, 0.15) is 0 Å². The second-order valence-electron chi connectivity index (χ2n) is 5.00. The maximum Gasteiger partial charge on any atom is 0.160 e. The normalized spacial score (nSPS) is 12.9. The van der Waals surface area contributed by atoms with Gasteiger partial charge in [0.25, 0.3) is 0 Å². The molecule has 0 aliphatic rings. The molecule has 1 atom stereocenters. The number of nitrogens with zero attached hydrogens (tertiary/aromatic N) is 2. The number of nitrogens with two attached hydrogens (primary N) is 1. The first-order valence-electron chi connectivity index (χ1n) is 6.33. The molecule has 2 aromatic rings. The van der Waals surface area contributed by atoms with Gasteiger partial charge < -0.3 is 10.3 Å². The van der Waals surface area contributed by atoms with Crippen LogP contribution in [0.4, 0.5) is 4.39 Å². The zero-order valence-corrected chi connectivity index (χ0v) is 12.8. The molecule has 2 N–H and O–H groups in total. The van der Waals surface area contributed by atoms with Crippen molar-refractivity contribution >= 4 is 23.2 Å². The van der Waals surface area contributed by atoms with Gasteiger partial charge in [-0.1, -0.05) is 37.0 Å². The first-order chi connectivity index (χ1) is 9.45. The monoisotopic (exact) mass is 315 g/mol. The number of rotatable bonds is 4. The lowest BCUT2D eigenvalue weighted by Gasteiger charge is -2.21. The zero-order valence-electron chi connectivity index (χ0n) is 11.3. The summed E-state index contributed by atoms with van der Waals surface area (Å²) < 4.78 is 15.3. The van der Waals surface area contributed by atoms with Crippen LogP contribution in [0.15, 0.2) is 24.7 Å². The van der Waals surface area contributed by atoms with E-state index in [1.807, 2.05) is 4.57 Å². The molecular formula is C14H16Cl2FN3. The number of hydrogen-bond donors (Lipinski definition) is 1. The van der Waals surface area contributed by atoms with E-state index in [2.05, 4.69) is 18.8 Å². The predicted octanol–water partition coefficient (Wildman–Crippen LogP) is 4.02. The van der Waals surface area contributed by atoms with Gasteiger partial charge in [-0.25, -0.2) is 9.37 Å². The number of hydrogen-bond acceptors (Lipinski definition) is 2. The number of benzene rings is 1. The molecule has 1 unspecified atom stereocenters. The summed E-state index contributed by atoms with van der Waals surface area (Å²) in [4.78, 5) is 4.16. The highest BCUT2D eigenvalue weighted by Crippen LogP contribution is 2.30. The Morgan fingerprint density at radius 1 is 1.30 bits per heavy atom. The van der Waals surface area contributed by atoms with Gasteiger partial charge in [-0.3, -0.25) is 0 Å². The third-order valence-electron chi connectivity index (χ3n) is 3.35. The van der Waals surface area contributed by atoms with E-state index in [0.717, 1.165) is 5.69 Å². The summed E-state index contributed by atoms with van der Waals surface area (Å²) in [5, 5.41) is -0.0259. The molecule has 0 saturated heterocycles. The van der Waals surface area contributed by atoms with Crippen molar-refractivity contribution in [2.45, 2.75) is 19.8 Å². The summed E-state index contributed by atoms with van der Waals surface area (Å²) in [6, 6.07) is 3.06. The van der Waals surface area contributed by atoms with Crippen molar-refractivity contribution in [2.75, 3.05) is 6.54 Å². The van der Waals surface area contributed by atoms with Crippen molar-refractivity contribution in [2.24, 2.45) is 11.7 Å². The van der Waals surface area contributed by atoms with Crippen LogP contribution in [0.25, 0.3) is 5.69 Å². The van der Waals surface area contributed by atoms with Crippen LogP contribution in [-0.4, -0.2) is 16.1 Å². The minimum Gasteiger partial charge on any atom is -0.330 e. The van der Waals surface area contributed by atoms with Crippen LogP contribution < -0.4 is 5.73 Å². The molecule has 1 heterocycles. The van der Waals surface area contributed by atoms with Gasteiger partial charge >= 0.3 is 0 Å². The van der Waals surface area contributed by atoms with E-state index in [9.17, 15) is 4.39 Å². The minimum atomic E-state index is -0.613. The standard InChI is InChI=1S/C14H16Cl2FN3/c1-8(2)10(5-18)13-6-19-7-20(13)9-3-11(15)14(17)12(16)4-9/h3-4,6-8,10H,5,18H2,1-2H3. The fourth-order valence-corrected chi connectivity index (χ4v) is 2.69. The molecule has 6 heteroatoms. The molecule has 108 valence electrons. The Morgan fingerprint density at radius 3 is 2.40 bits per heavy atom. The maximum absolute atomic E-state index is 13.5. The van der Waals surface area contributed by atoms with E-state index in [1.165, 1.54) is 12.1 Å². The molecule has 0 amide bonds. The molecule has 1 aromatic heterocycles. The van der Waals surface area contributed by atoms with Gasteiger partial charge in [-0.2, -0.15) is 0 Å². The van der Waals surface area contributed by atoms with Crippen LogP contribution in [0.1, 0.15) is 25.5 Å². The van der Waals surface area contributed by atoms with Gasteiger partial charge in [0, 0.05) is 30.0 Å². The van der Waals surface area contributed by atoms with E-state index in [4.69, 9.17) is 28.9 Å². The highest BCUT2D eigenvalue weighted by molar-refractivity contribution is 6.35. The van der Waals surface area contributed by atoms with Gasteiger partial charge in [-0.15, -0.1) is 0 Å². The molecule has 3 nitrogen and oxygen atoms in total. The van der Waals surface area contributed by atoms with E-state index in [1.54, 1.807) is 12.5 Å². The summed E-state index contributed by atoms with van der Waals surface area (Å²) in [5.74, 6) is -0.0973. The van der Waals surface area contributed by atoms with Crippen molar-refractivity contribution in [1.29, 1.82) is 0 Å². The minimum absolute atomic E-state index is 0.0130. The van der Waals surface area contributed by atoms with E-state index < -0.39 is 5.82 Å². The fourth-order valence-electron chi connectivity index (χ4n) is 2.21. The third-order valence-corrected chi connectivity index (χ3v) is 3.90. The van der Waals surface area contributed by atoms with Crippen LogP contribution in [0.5, 0.6) is 0 Å². The second kappa shape index (κ2) is 6.12. The van der Waals surface area contributed by atoms with Crippen LogP contribution in [-0.2, 0) is 0 Å². The number of halogens is 3. The molecule has 2 rings (SSSR count). The van der Waals surface area contributed by atoms with Gasteiger partial charge in [0.05, 0.1) is 16.4 Å². The topological polar surface area (TPSA) is 43.8 Å². The first-order valence-corrected chi connectivity index (χ1v) is 7.08. The molecule has 20 heavy (non-hydrogen) atoms. The van der Waals surface area contributed by atoms with Crippen LogP contribution in [0.2, 0.25) is 10.0 Å². The molecule has 0 saturated carbocycles. The predicted molar refractivity (Wildman–Crippen MR) is 80.2 cm³/mol. The molecule has 0 spiro atoms. The Balaban J connectivity index is 2.52. The average Bonchev–Trinajstić information content (AvgIpc) is 2.85. The SMILES string of the molecule is CC(C)C(CN)c1cncn1-c1cc(Cl)c(F)c(Cl)c1. The second-order valence-corrected chi connectivity index (χ2v) is 5.81. The maximum atomic E-state index is 13.5. The highest BCUT2D eigenvalue weighted by atomic mass is 35.5. The van der Waals surface area contributed by atoms with Crippen molar-refractivity contribution in [1.82, 2.24) is 9.55 Å². The van der Waals surface area contributed by atoms with Crippen LogP contribution in [0, 0.1) is 11.7 Å². The summed E-state index contributed by atoms with van der Waals surface area (Å²) in [6.45, 7) is 4.70. The smallest absolute Gasteiger partial charge is 0.160 e. The molecule has 0 radical (unpaired) electrons. The van der Waals surface area contributed by atoms with Crippen molar-refractivity contribution in [3.05, 3.63) is 46.2 Å².